The van der Waals surface area contributed by atoms with Crippen LogP contribution in [-0.2, 0) is 21.2 Å². The van der Waals surface area contributed by atoms with E-state index < -0.39 is 15.1 Å². The summed E-state index contributed by atoms with van der Waals surface area (Å²) < 4.78 is 36.1. The topological polar surface area (TPSA) is 72.9 Å². The number of sulfone groups is 1. The number of benzene rings is 1. The zero-order valence-electron chi connectivity index (χ0n) is 17.9. The van der Waals surface area contributed by atoms with Gasteiger partial charge in [-0.05, 0) is 50.8 Å². The van der Waals surface area contributed by atoms with Crippen molar-refractivity contribution in [2.24, 2.45) is 0 Å². The van der Waals surface area contributed by atoms with Gasteiger partial charge in [0.1, 0.15) is 5.25 Å². The monoisotopic (exact) mass is 413 g/mol. The van der Waals surface area contributed by atoms with Crippen molar-refractivity contribution < 1.29 is 22.7 Å². The third-order valence-corrected chi connectivity index (χ3v) is 6.58. The Morgan fingerprint density at radius 1 is 1.04 bits per heavy atom. The lowest BCUT2D eigenvalue weighted by molar-refractivity contribution is -0.131. The van der Waals surface area contributed by atoms with Gasteiger partial charge in [-0.1, -0.05) is 26.8 Å². The number of nitrogens with zero attached hydrogens (tertiary/aromatic N) is 1. The van der Waals surface area contributed by atoms with Gasteiger partial charge in [-0.25, -0.2) is 8.42 Å². The molecule has 1 aromatic rings. The van der Waals surface area contributed by atoms with E-state index in [2.05, 4.69) is 0 Å². The third kappa shape index (κ3) is 7.00. The van der Waals surface area contributed by atoms with Crippen molar-refractivity contribution in [3.63, 3.8) is 0 Å². The molecule has 0 aliphatic rings. The van der Waals surface area contributed by atoms with Gasteiger partial charge in [0.15, 0.2) is 21.3 Å². The summed E-state index contributed by atoms with van der Waals surface area (Å²) >= 11 is 0. The first kappa shape index (κ1) is 24.3. The van der Waals surface area contributed by atoms with Crippen molar-refractivity contribution in [1.82, 2.24) is 4.90 Å². The number of carbonyl (C=O) groups excluding carboxylic acids is 1. The van der Waals surface area contributed by atoms with Gasteiger partial charge in [-0.3, -0.25) is 4.79 Å². The minimum atomic E-state index is -3.43. The fraction of sp³-hybridized carbons (Fsp3) is 0.667. The van der Waals surface area contributed by atoms with Crippen molar-refractivity contribution in [1.29, 1.82) is 0 Å². The molecule has 1 atom stereocenters. The predicted molar refractivity (Wildman–Crippen MR) is 113 cm³/mol. The number of ether oxygens (including phenoxy) is 2. The molecule has 1 amide bonds. The first-order valence-corrected chi connectivity index (χ1v) is 11.9. The molecule has 160 valence electrons. The molecule has 6 nitrogen and oxygen atoms in total. The van der Waals surface area contributed by atoms with Gasteiger partial charge >= 0.3 is 0 Å². The predicted octanol–water partition coefficient (Wildman–Crippen LogP) is 3.83. The molecule has 1 unspecified atom stereocenters. The molecule has 7 heteroatoms. The lowest BCUT2D eigenvalue weighted by atomic mass is 10.1. The number of hydrogen-bond acceptors (Lipinski definition) is 5. The molecule has 0 bridgehead atoms. The maximum absolute atomic E-state index is 12.9. The van der Waals surface area contributed by atoms with Gasteiger partial charge in [-0.2, -0.15) is 0 Å². The van der Waals surface area contributed by atoms with E-state index in [9.17, 15) is 13.2 Å². The zero-order chi connectivity index (χ0) is 21.2. The number of amides is 1. The summed E-state index contributed by atoms with van der Waals surface area (Å²) in [7, 11) is -3.43. The fourth-order valence-corrected chi connectivity index (χ4v) is 4.26. The highest BCUT2D eigenvalue weighted by Gasteiger charge is 2.30. The van der Waals surface area contributed by atoms with Gasteiger partial charge in [0.25, 0.3) is 0 Å². The Hall–Kier alpha value is -1.76. The van der Waals surface area contributed by atoms with Crippen molar-refractivity contribution in [3.05, 3.63) is 23.8 Å². The van der Waals surface area contributed by atoms with Crippen LogP contribution < -0.4 is 9.47 Å². The van der Waals surface area contributed by atoms with E-state index in [1.54, 1.807) is 11.8 Å². The number of rotatable bonds is 13. The van der Waals surface area contributed by atoms with Crippen LogP contribution in [-0.4, -0.2) is 50.0 Å². The van der Waals surface area contributed by atoms with Crippen molar-refractivity contribution in [2.45, 2.75) is 65.7 Å². The minimum absolute atomic E-state index is 0.0256. The van der Waals surface area contributed by atoms with Crippen LogP contribution in [0.4, 0.5) is 0 Å². The Bertz CT molecular complexity index is 718. The molecule has 0 aromatic heterocycles. The number of carbonyl (C=O) groups is 1. The standard InChI is InChI=1S/C21H35NO5S/c1-6-12-22(21(23)17(5)28(24,25)14-8-3)16-18-10-11-19(27-13-7-2)20(15-18)26-9-4/h10-11,15,17H,6-9,12-14,16H2,1-5H3. The summed E-state index contributed by atoms with van der Waals surface area (Å²) in [5, 5.41) is -1.03. The van der Waals surface area contributed by atoms with Crippen LogP contribution in [0.15, 0.2) is 18.2 Å². The smallest absolute Gasteiger partial charge is 0.240 e. The van der Waals surface area contributed by atoms with Crippen molar-refractivity contribution >= 4 is 15.7 Å². The molecule has 0 N–H and O–H groups in total. The molecule has 0 radical (unpaired) electrons. The summed E-state index contributed by atoms with van der Waals surface area (Å²) in [6.45, 7) is 11.2. The fourth-order valence-electron chi connectivity index (χ4n) is 2.88. The first-order valence-electron chi connectivity index (χ1n) is 10.2. The molecule has 0 aliphatic heterocycles. The Morgan fingerprint density at radius 2 is 1.75 bits per heavy atom. The Morgan fingerprint density at radius 3 is 2.32 bits per heavy atom. The van der Waals surface area contributed by atoms with Gasteiger partial charge in [0, 0.05) is 13.1 Å². The summed E-state index contributed by atoms with van der Waals surface area (Å²) in [5.74, 6) is 1.00. The van der Waals surface area contributed by atoms with E-state index >= 15 is 0 Å². The minimum Gasteiger partial charge on any atom is -0.490 e. The average molecular weight is 414 g/mol. The molecular weight excluding hydrogens is 378 g/mol. The molecule has 0 fully saturated rings. The summed E-state index contributed by atoms with van der Waals surface area (Å²) in [5.41, 5.74) is 0.884. The van der Waals surface area contributed by atoms with E-state index in [1.165, 1.54) is 6.92 Å². The van der Waals surface area contributed by atoms with Crippen LogP contribution in [0.25, 0.3) is 0 Å². The van der Waals surface area contributed by atoms with Crippen LogP contribution >= 0.6 is 0 Å². The highest BCUT2D eigenvalue weighted by molar-refractivity contribution is 7.92. The van der Waals surface area contributed by atoms with Gasteiger partial charge < -0.3 is 14.4 Å². The maximum atomic E-state index is 12.9. The normalized spacial score (nSPS) is 12.5. The van der Waals surface area contributed by atoms with E-state index in [-0.39, 0.29) is 11.7 Å². The van der Waals surface area contributed by atoms with E-state index in [4.69, 9.17) is 9.47 Å². The largest absolute Gasteiger partial charge is 0.490 e. The van der Waals surface area contributed by atoms with Crippen LogP contribution in [0.1, 0.15) is 59.4 Å². The molecule has 0 saturated heterocycles. The molecule has 0 aliphatic carbocycles. The second-order valence-electron chi connectivity index (χ2n) is 6.83. The molecule has 28 heavy (non-hydrogen) atoms. The first-order chi connectivity index (χ1) is 13.3. The maximum Gasteiger partial charge on any atom is 0.240 e. The molecule has 0 spiro atoms. The molecular formula is C21H35NO5S. The molecule has 1 rings (SSSR count). The molecule has 0 saturated carbocycles. The highest BCUT2D eigenvalue weighted by Crippen LogP contribution is 2.29. The van der Waals surface area contributed by atoms with E-state index in [0.29, 0.717) is 44.2 Å². The van der Waals surface area contributed by atoms with Gasteiger partial charge in [-0.15, -0.1) is 0 Å². The van der Waals surface area contributed by atoms with E-state index in [0.717, 1.165) is 18.4 Å². The van der Waals surface area contributed by atoms with Gasteiger partial charge in [0.05, 0.1) is 19.0 Å². The Balaban J connectivity index is 3.04. The SMILES string of the molecule is CCCOc1ccc(CN(CCC)C(=O)C(C)S(=O)(=O)CCC)cc1OCC. The average Bonchev–Trinajstić information content (AvgIpc) is 2.66. The second kappa shape index (κ2) is 11.9. The summed E-state index contributed by atoms with van der Waals surface area (Å²) in [6, 6.07) is 5.62. The highest BCUT2D eigenvalue weighted by atomic mass is 32.2. The Labute approximate surface area is 170 Å². The Kier molecular flexibility index (Phi) is 10.4. The zero-order valence-corrected chi connectivity index (χ0v) is 18.7. The van der Waals surface area contributed by atoms with E-state index in [1.807, 2.05) is 39.0 Å². The van der Waals surface area contributed by atoms with Crippen molar-refractivity contribution in [3.8, 4) is 11.5 Å². The van der Waals surface area contributed by atoms with Crippen LogP contribution in [0.5, 0.6) is 11.5 Å². The van der Waals surface area contributed by atoms with Crippen molar-refractivity contribution in [2.75, 3.05) is 25.5 Å². The van der Waals surface area contributed by atoms with Crippen LogP contribution in [0.2, 0.25) is 0 Å². The lowest BCUT2D eigenvalue weighted by Crippen LogP contribution is -2.42. The summed E-state index contributed by atoms with van der Waals surface area (Å²) in [4.78, 5) is 14.5. The summed E-state index contributed by atoms with van der Waals surface area (Å²) in [6.07, 6.45) is 2.16. The second-order valence-corrected chi connectivity index (χ2v) is 9.27. The molecule has 1 aromatic carbocycles. The lowest BCUT2D eigenvalue weighted by Gasteiger charge is -2.26. The quantitative estimate of drug-likeness (QED) is 0.491. The van der Waals surface area contributed by atoms with Crippen LogP contribution in [0, 0.1) is 0 Å². The van der Waals surface area contributed by atoms with Crippen LogP contribution in [0.3, 0.4) is 0 Å². The number of hydrogen-bond donors (Lipinski definition) is 0. The molecule has 0 heterocycles. The van der Waals surface area contributed by atoms with Gasteiger partial charge in [0.2, 0.25) is 5.91 Å². The third-order valence-electron chi connectivity index (χ3n) is 4.32.